The number of para-hydroxylation sites is 2. The first-order valence-electron chi connectivity index (χ1n) is 10.1. The number of hydrogen-bond donors (Lipinski definition) is 1. The number of aromatic nitrogens is 3. The van der Waals surface area contributed by atoms with Crippen LogP contribution in [0.5, 0.6) is 0 Å². The van der Waals surface area contributed by atoms with Crippen molar-refractivity contribution in [2.45, 2.75) is 0 Å². The molecule has 0 aliphatic rings. The summed E-state index contributed by atoms with van der Waals surface area (Å²) in [4.78, 5) is 8.03. The van der Waals surface area contributed by atoms with Crippen LogP contribution in [0, 0.1) is 0 Å². The van der Waals surface area contributed by atoms with Crippen molar-refractivity contribution >= 4 is 21.8 Å². The number of hydrogen-bond acceptors (Lipinski definition) is 1. The Morgan fingerprint density at radius 1 is 0.567 bits per heavy atom. The molecule has 0 aliphatic carbocycles. The van der Waals surface area contributed by atoms with E-state index in [0.29, 0.717) is 0 Å². The van der Waals surface area contributed by atoms with Gasteiger partial charge in [0.2, 0.25) is 0 Å². The highest BCUT2D eigenvalue weighted by Gasteiger charge is 2.12. The summed E-state index contributed by atoms with van der Waals surface area (Å²) in [6.07, 6.45) is 1.89. The molecule has 0 aliphatic heterocycles. The third-order valence-corrected chi connectivity index (χ3v) is 5.64. The van der Waals surface area contributed by atoms with Gasteiger partial charge in [-0.05, 0) is 42.0 Å². The van der Waals surface area contributed by atoms with Crippen LogP contribution in [0.25, 0.3) is 50.1 Å². The molecule has 0 unspecified atom stereocenters. The van der Waals surface area contributed by atoms with Gasteiger partial charge in [0.25, 0.3) is 0 Å². The molecule has 4 aromatic carbocycles. The van der Waals surface area contributed by atoms with Gasteiger partial charge in [-0.1, -0.05) is 66.7 Å². The van der Waals surface area contributed by atoms with E-state index in [1.807, 2.05) is 24.4 Å². The van der Waals surface area contributed by atoms with E-state index in [1.54, 1.807) is 0 Å². The van der Waals surface area contributed by atoms with E-state index in [2.05, 4.69) is 99.5 Å². The molecule has 0 saturated carbocycles. The van der Waals surface area contributed by atoms with Gasteiger partial charge in [0, 0.05) is 22.0 Å². The predicted octanol–water partition coefficient (Wildman–Crippen LogP) is 6.84. The lowest BCUT2D eigenvalue weighted by atomic mass is 10.2. The second-order valence-corrected chi connectivity index (χ2v) is 7.43. The summed E-state index contributed by atoms with van der Waals surface area (Å²) >= 11 is 0. The first-order valence-corrected chi connectivity index (χ1v) is 10.1. The minimum absolute atomic E-state index is 0.877. The largest absolute Gasteiger partial charge is 0.338 e. The van der Waals surface area contributed by atoms with E-state index in [9.17, 15) is 0 Å². The van der Waals surface area contributed by atoms with Crippen molar-refractivity contribution in [3.05, 3.63) is 109 Å². The van der Waals surface area contributed by atoms with E-state index in [0.717, 1.165) is 28.3 Å². The first kappa shape index (κ1) is 16.8. The summed E-state index contributed by atoms with van der Waals surface area (Å²) in [5.41, 5.74) is 6.81. The predicted molar refractivity (Wildman–Crippen MR) is 124 cm³/mol. The Hall–Kier alpha value is -4.11. The van der Waals surface area contributed by atoms with E-state index in [1.165, 1.54) is 21.8 Å². The van der Waals surface area contributed by atoms with Crippen molar-refractivity contribution in [3.8, 4) is 28.3 Å². The SMILES string of the molecule is c1ccc(-c2cnc(-c3ccc(-n4c5ccccc5c5ccccc54)cc3)[nH]2)cc1. The van der Waals surface area contributed by atoms with Gasteiger partial charge >= 0.3 is 0 Å². The fraction of sp³-hybridized carbons (Fsp3) is 0. The van der Waals surface area contributed by atoms with Crippen LogP contribution in [0.15, 0.2) is 109 Å². The number of rotatable bonds is 3. The average Bonchev–Trinajstić information content (AvgIpc) is 3.43. The highest BCUT2D eigenvalue weighted by molar-refractivity contribution is 6.09. The number of imidazole rings is 1. The number of benzene rings is 4. The standard InChI is InChI=1S/C27H19N3/c1-2-8-19(9-3-1)24-18-28-27(29-24)20-14-16-21(17-15-20)30-25-12-6-4-10-22(25)23-11-5-7-13-26(23)30/h1-18H,(H,28,29). The summed E-state index contributed by atoms with van der Waals surface area (Å²) < 4.78 is 2.33. The lowest BCUT2D eigenvalue weighted by Gasteiger charge is -2.08. The average molecular weight is 385 g/mol. The van der Waals surface area contributed by atoms with Crippen LogP contribution >= 0.6 is 0 Å². The smallest absolute Gasteiger partial charge is 0.137 e. The number of nitrogens with zero attached hydrogens (tertiary/aromatic N) is 2. The van der Waals surface area contributed by atoms with Crippen molar-refractivity contribution in [2.24, 2.45) is 0 Å². The normalized spacial score (nSPS) is 11.3. The summed E-state index contributed by atoms with van der Waals surface area (Å²) in [7, 11) is 0. The van der Waals surface area contributed by atoms with E-state index < -0.39 is 0 Å². The molecule has 1 N–H and O–H groups in total. The topological polar surface area (TPSA) is 33.6 Å². The van der Waals surface area contributed by atoms with Crippen LogP contribution in [-0.2, 0) is 0 Å². The zero-order valence-electron chi connectivity index (χ0n) is 16.3. The minimum atomic E-state index is 0.877. The first-order chi connectivity index (χ1) is 14.9. The molecule has 0 radical (unpaired) electrons. The van der Waals surface area contributed by atoms with Gasteiger partial charge in [0.05, 0.1) is 22.9 Å². The van der Waals surface area contributed by atoms with Crippen molar-refractivity contribution in [3.63, 3.8) is 0 Å². The molecular formula is C27H19N3. The fourth-order valence-corrected chi connectivity index (χ4v) is 4.20. The summed E-state index contributed by atoms with van der Waals surface area (Å²) in [6, 6.07) is 36.0. The Balaban J connectivity index is 1.43. The van der Waals surface area contributed by atoms with Gasteiger partial charge in [-0.15, -0.1) is 0 Å². The van der Waals surface area contributed by atoms with Crippen LogP contribution in [-0.4, -0.2) is 14.5 Å². The van der Waals surface area contributed by atoms with Crippen molar-refractivity contribution < 1.29 is 0 Å². The molecule has 0 atom stereocenters. The summed E-state index contributed by atoms with van der Waals surface area (Å²) in [5, 5.41) is 2.55. The van der Waals surface area contributed by atoms with Crippen LogP contribution in [0.4, 0.5) is 0 Å². The van der Waals surface area contributed by atoms with Crippen LogP contribution in [0.3, 0.4) is 0 Å². The molecule has 0 amide bonds. The monoisotopic (exact) mass is 385 g/mol. The number of fused-ring (bicyclic) bond motifs is 3. The van der Waals surface area contributed by atoms with E-state index >= 15 is 0 Å². The van der Waals surface area contributed by atoms with Crippen LogP contribution in [0.2, 0.25) is 0 Å². The van der Waals surface area contributed by atoms with Gasteiger partial charge < -0.3 is 9.55 Å². The maximum absolute atomic E-state index is 4.59. The van der Waals surface area contributed by atoms with Crippen LogP contribution < -0.4 is 0 Å². The van der Waals surface area contributed by atoms with E-state index in [-0.39, 0.29) is 0 Å². The maximum atomic E-state index is 4.59. The van der Waals surface area contributed by atoms with E-state index in [4.69, 9.17) is 0 Å². The molecule has 2 aromatic heterocycles. The minimum Gasteiger partial charge on any atom is -0.338 e. The molecule has 0 saturated heterocycles. The molecule has 6 aromatic rings. The zero-order chi connectivity index (χ0) is 19.9. The molecule has 3 nitrogen and oxygen atoms in total. The third-order valence-electron chi connectivity index (χ3n) is 5.64. The lowest BCUT2D eigenvalue weighted by Crippen LogP contribution is -1.93. The lowest BCUT2D eigenvalue weighted by molar-refractivity contribution is 1.18. The van der Waals surface area contributed by atoms with Crippen molar-refractivity contribution in [2.75, 3.05) is 0 Å². The molecule has 0 fully saturated rings. The molecule has 142 valence electrons. The Bertz CT molecular complexity index is 1420. The second-order valence-electron chi connectivity index (χ2n) is 7.43. The van der Waals surface area contributed by atoms with Crippen molar-refractivity contribution in [1.29, 1.82) is 0 Å². The summed E-state index contributed by atoms with van der Waals surface area (Å²) in [6.45, 7) is 0. The number of nitrogens with one attached hydrogen (secondary N) is 1. The fourth-order valence-electron chi connectivity index (χ4n) is 4.20. The molecular weight excluding hydrogens is 366 g/mol. The quantitative estimate of drug-likeness (QED) is 0.355. The molecule has 2 heterocycles. The molecule has 3 heteroatoms. The third kappa shape index (κ3) is 2.64. The molecule has 6 rings (SSSR count). The van der Waals surface area contributed by atoms with Gasteiger partial charge in [0.15, 0.2) is 0 Å². The van der Waals surface area contributed by atoms with Gasteiger partial charge in [-0.3, -0.25) is 0 Å². The Labute approximate surface area is 174 Å². The summed E-state index contributed by atoms with van der Waals surface area (Å²) in [5.74, 6) is 0.877. The maximum Gasteiger partial charge on any atom is 0.137 e. The Kier molecular flexibility index (Phi) is 3.78. The molecule has 0 spiro atoms. The molecule has 0 bridgehead atoms. The van der Waals surface area contributed by atoms with Gasteiger partial charge in [-0.25, -0.2) is 4.98 Å². The van der Waals surface area contributed by atoms with Crippen molar-refractivity contribution in [1.82, 2.24) is 14.5 Å². The van der Waals surface area contributed by atoms with Crippen LogP contribution in [0.1, 0.15) is 0 Å². The molecule has 30 heavy (non-hydrogen) atoms. The van der Waals surface area contributed by atoms with Gasteiger partial charge in [0.1, 0.15) is 5.82 Å². The Morgan fingerprint density at radius 3 is 1.83 bits per heavy atom. The zero-order valence-corrected chi connectivity index (χ0v) is 16.3. The Morgan fingerprint density at radius 2 is 1.17 bits per heavy atom. The highest BCUT2D eigenvalue weighted by Crippen LogP contribution is 2.32. The number of aromatic amines is 1. The number of H-pyrrole nitrogens is 1. The highest BCUT2D eigenvalue weighted by atomic mass is 15.0. The van der Waals surface area contributed by atoms with Gasteiger partial charge in [-0.2, -0.15) is 0 Å². The second kappa shape index (κ2) is 6.75.